The quantitative estimate of drug-likeness (QED) is 0.0402. The van der Waals surface area contributed by atoms with E-state index in [1.165, 1.54) is 241 Å². The van der Waals surface area contributed by atoms with Crippen LogP contribution in [-0.2, 0) is 0 Å². The minimum Gasteiger partial charge on any atom is -0.256 e. The van der Waals surface area contributed by atoms with E-state index in [0.29, 0.717) is 25.1 Å². The molecule has 4 saturated heterocycles. The SMILES string of the molecule is CCCCCCCCCCCCC(B1C2CCCC1CCC2)c1nc(-c2ccc(-c3ccccn3)c(C(CCCCCCCCCCCC)B3C4CCCC3CCC4)n2)ccc1-c1ccccn1. The number of aromatic nitrogens is 4. The number of hydrogen-bond donors (Lipinski definition) is 0. The summed E-state index contributed by atoms with van der Waals surface area (Å²) in [7, 11) is 0. The Balaban J connectivity index is 1.12. The van der Waals surface area contributed by atoms with Gasteiger partial charge in [0.25, 0.3) is 0 Å². The van der Waals surface area contributed by atoms with E-state index < -0.39 is 0 Å². The molecule has 0 amide bonds. The molecular formula is C62H92B2N4. The van der Waals surface area contributed by atoms with Crippen LogP contribution in [0.5, 0.6) is 0 Å². The van der Waals surface area contributed by atoms with Gasteiger partial charge in [-0.2, -0.15) is 0 Å². The maximum absolute atomic E-state index is 5.97. The summed E-state index contributed by atoms with van der Waals surface area (Å²) in [5.74, 6) is 4.19. The lowest BCUT2D eigenvalue weighted by atomic mass is 9.21. The lowest BCUT2D eigenvalue weighted by Crippen LogP contribution is -2.40. The number of nitrogens with zero attached hydrogens (tertiary/aromatic N) is 4. The van der Waals surface area contributed by atoms with Crippen molar-refractivity contribution in [2.45, 2.75) is 267 Å². The van der Waals surface area contributed by atoms with Crippen LogP contribution in [0.1, 0.15) is 255 Å². The molecule has 0 aromatic carbocycles. The molecule has 4 bridgehead atoms. The van der Waals surface area contributed by atoms with Gasteiger partial charge in [-0.05, 0) is 60.2 Å². The van der Waals surface area contributed by atoms with Crippen LogP contribution >= 0.6 is 0 Å². The van der Waals surface area contributed by atoms with E-state index in [1.54, 1.807) is 0 Å². The molecule has 2 atom stereocenters. The monoisotopic (exact) mass is 915 g/mol. The standard InChI is InChI=1S/C62H92B2N4/c1-3-5-7-9-11-13-15-17-19-21-39-55(63-49-31-27-32-50(63)34-28-33-49)61-53(57-41-23-25-47-65-57)43-45-59(67-61)60-46-44-54(58-42-24-26-48-66-58)62(68-60)56(64-51-35-29-36-52(64)38-30-37-51)40-22-20-18-16-14-12-10-8-6-4-2/h23-26,41-52,55-56H,3-22,27-40H2,1-2H3. The molecule has 0 N–H and O–H groups in total. The molecule has 4 aromatic rings. The van der Waals surface area contributed by atoms with Gasteiger partial charge in [0.2, 0.25) is 0 Å². The molecule has 366 valence electrons. The van der Waals surface area contributed by atoms with E-state index in [4.69, 9.17) is 19.9 Å². The Kier molecular flexibility index (Phi) is 21.0. The lowest BCUT2D eigenvalue weighted by molar-refractivity contribution is 0.429. The van der Waals surface area contributed by atoms with E-state index in [1.807, 2.05) is 12.4 Å². The first kappa shape index (κ1) is 51.1. The first-order chi connectivity index (χ1) is 33.7. The van der Waals surface area contributed by atoms with Crippen molar-refractivity contribution < 1.29 is 0 Å². The van der Waals surface area contributed by atoms with Gasteiger partial charge in [0.05, 0.1) is 22.8 Å². The second-order valence-corrected chi connectivity index (χ2v) is 22.8. The van der Waals surface area contributed by atoms with Crippen LogP contribution < -0.4 is 0 Å². The molecule has 8 heterocycles. The zero-order valence-corrected chi connectivity index (χ0v) is 43.4. The summed E-state index contributed by atoms with van der Waals surface area (Å²) in [5.41, 5.74) is 9.44. The van der Waals surface area contributed by atoms with Crippen molar-refractivity contribution in [2.75, 3.05) is 0 Å². The Labute approximate surface area is 416 Å². The summed E-state index contributed by atoms with van der Waals surface area (Å²) in [6, 6.07) is 22.4. The van der Waals surface area contributed by atoms with Gasteiger partial charge in [-0.1, -0.05) is 268 Å². The molecule has 4 fully saturated rings. The van der Waals surface area contributed by atoms with E-state index >= 15 is 0 Å². The van der Waals surface area contributed by atoms with Gasteiger partial charge in [0.15, 0.2) is 13.4 Å². The fraction of sp³-hybridized carbons (Fsp3) is 0.677. The van der Waals surface area contributed by atoms with Crippen molar-refractivity contribution in [1.29, 1.82) is 0 Å². The van der Waals surface area contributed by atoms with Crippen molar-refractivity contribution in [1.82, 2.24) is 19.9 Å². The Hall–Kier alpha value is -3.27. The second-order valence-electron chi connectivity index (χ2n) is 22.8. The molecule has 0 spiro atoms. The van der Waals surface area contributed by atoms with Crippen LogP contribution in [-0.4, -0.2) is 33.4 Å². The smallest absolute Gasteiger partial charge is 0.156 e. The fourth-order valence-corrected chi connectivity index (χ4v) is 14.8. The summed E-state index contributed by atoms with van der Waals surface area (Å²) >= 11 is 0. The van der Waals surface area contributed by atoms with Gasteiger partial charge in [0, 0.05) is 34.9 Å². The number of pyridine rings is 4. The largest absolute Gasteiger partial charge is 0.256 e. The molecule has 4 aliphatic heterocycles. The minimum atomic E-state index is 0.453. The van der Waals surface area contributed by atoms with Gasteiger partial charge >= 0.3 is 0 Å². The van der Waals surface area contributed by atoms with Crippen molar-refractivity contribution in [3.05, 3.63) is 84.4 Å². The summed E-state index contributed by atoms with van der Waals surface area (Å²) in [4.78, 5) is 22.0. The third kappa shape index (κ3) is 14.0. The van der Waals surface area contributed by atoms with E-state index in [-0.39, 0.29) is 0 Å². The zero-order valence-electron chi connectivity index (χ0n) is 43.4. The summed E-state index contributed by atoms with van der Waals surface area (Å²) < 4.78 is 0. The third-order valence-electron chi connectivity index (χ3n) is 18.1. The maximum Gasteiger partial charge on any atom is 0.156 e. The highest BCUT2D eigenvalue weighted by Crippen LogP contribution is 2.54. The fourth-order valence-electron chi connectivity index (χ4n) is 14.8. The maximum atomic E-state index is 5.97. The van der Waals surface area contributed by atoms with Gasteiger partial charge in [0.1, 0.15) is 0 Å². The van der Waals surface area contributed by atoms with Gasteiger partial charge in [-0.25, -0.2) is 0 Å². The average molecular weight is 915 g/mol. The van der Waals surface area contributed by atoms with Crippen molar-refractivity contribution in [3.63, 3.8) is 0 Å². The molecule has 6 heteroatoms. The topological polar surface area (TPSA) is 51.6 Å². The Bertz CT molecular complexity index is 1830. The van der Waals surface area contributed by atoms with Crippen LogP contribution in [0, 0.1) is 0 Å². The molecule has 0 radical (unpaired) electrons. The molecule has 4 aliphatic rings. The van der Waals surface area contributed by atoms with Crippen molar-refractivity contribution in [2.24, 2.45) is 0 Å². The summed E-state index contributed by atoms with van der Waals surface area (Å²) in [5, 5.41) is 0. The van der Waals surface area contributed by atoms with Crippen LogP contribution in [0.3, 0.4) is 0 Å². The first-order valence-corrected chi connectivity index (χ1v) is 29.6. The Morgan fingerprint density at radius 1 is 0.382 bits per heavy atom. The van der Waals surface area contributed by atoms with Crippen molar-refractivity contribution in [3.8, 4) is 33.9 Å². The third-order valence-corrected chi connectivity index (χ3v) is 18.1. The average Bonchev–Trinajstić information content (AvgIpc) is 3.37. The predicted molar refractivity (Wildman–Crippen MR) is 294 cm³/mol. The normalized spacial score (nSPS) is 21.2. The number of unbranched alkanes of at least 4 members (excludes halogenated alkanes) is 18. The molecule has 68 heavy (non-hydrogen) atoms. The zero-order chi connectivity index (χ0) is 46.6. The molecule has 8 rings (SSSR count). The van der Waals surface area contributed by atoms with E-state index in [2.05, 4.69) is 74.5 Å². The van der Waals surface area contributed by atoms with Crippen LogP contribution in [0.4, 0.5) is 0 Å². The minimum absolute atomic E-state index is 0.453. The Morgan fingerprint density at radius 2 is 0.706 bits per heavy atom. The molecular weight excluding hydrogens is 822 g/mol. The Morgan fingerprint density at radius 3 is 1.01 bits per heavy atom. The predicted octanol–water partition coefficient (Wildman–Crippen LogP) is 19.3. The summed E-state index contributed by atoms with van der Waals surface area (Å²) in [6.45, 7) is 6.08. The molecule has 2 unspecified atom stereocenters. The van der Waals surface area contributed by atoms with Gasteiger partial charge in [-0.3, -0.25) is 19.9 Å². The highest BCUT2D eigenvalue weighted by molar-refractivity contribution is 6.64. The second kappa shape index (κ2) is 27.9. The van der Waals surface area contributed by atoms with E-state index in [9.17, 15) is 0 Å². The number of hydrogen-bond acceptors (Lipinski definition) is 4. The van der Waals surface area contributed by atoms with Gasteiger partial charge < -0.3 is 0 Å². The van der Waals surface area contributed by atoms with Crippen LogP contribution in [0.25, 0.3) is 33.9 Å². The highest BCUT2D eigenvalue weighted by atomic mass is 14.8. The first-order valence-electron chi connectivity index (χ1n) is 29.6. The molecule has 4 aromatic heterocycles. The summed E-state index contributed by atoms with van der Waals surface area (Å²) in [6.07, 6.45) is 50.9. The van der Waals surface area contributed by atoms with Crippen LogP contribution in [0.15, 0.2) is 73.1 Å². The highest BCUT2D eigenvalue weighted by Gasteiger charge is 2.46. The lowest BCUT2D eigenvalue weighted by Gasteiger charge is -2.45. The van der Waals surface area contributed by atoms with Gasteiger partial charge in [-0.15, -0.1) is 0 Å². The molecule has 4 nitrogen and oxygen atoms in total. The number of fused-ring (bicyclic) bond motifs is 4. The molecule has 0 saturated carbocycles. The van der Waals surface area contributed by atoms with E-state index in [0.717, 1.165) is 46.0 Å². The number of rotatable bonds is 29. The van der Waals surface area contributed by atoms with Crippen LogP contribution in [0.2, 0.25) is 23.3 Å². The molecule has 0 aliphatic carbocycles. The van der Waals surface area contributed by atoms with Crippen molar-refractivity contribution >= 4 is 13.4 Å².